The minimum absolute atomic E-state index is 0.127. The van der Waals surface area contributed by atoms with E-state index in [0.717, 1.165) is 27.5 Å². The number of benzene rings is 1. The van der Waals surface area contributed by atoms with E-state index in [1.54, 1.807) is 35.6 Å². The van der Waals surface area contributed by atoms with Gasteiger partial charge in [-0.3, -0.25) is 9.59 Å². The van der Waals surface area contributed by atoms with Crippen molar-refractivity contribution < 1.29 is 4.79 Å². The monoisotopic (exact) mass is 367 g/mol. The second kappa shape index (κ2) is 7.25. The van der Waals surface area contributed by atoms with E-state index in [2.05, 4.69) is 15.3 Å². The highest BCUT2D eigenvalue weighted by Gasteiger charge is 2.14. The third-order valence-corrected chi connectivity index (χ3v) is 5.18. The molecule has 0 spiro atoms. The number of thiazole rings is 1. The van der Waals surface area contributed by atoms with E-state index in [1.165, 1.54) is 0 Å². The highest BCUT2D eigenvalue weighted by atomic mass is 32.1. The van der Waals surface area contributed by atoms with Gasteiger partial charge < -0.3 is 10.3 Å². The van der Waals surface area contributed by atoms with E-state index in [9.17, 15) is 9.59 Å². The molecule has 0 radical (unpaired) electrons. The highest BCUT2D eigenvalue weighted by Crippen LogP contribution is 2.19. The van der Waals surface area contributed by atoms with E-state index in [0.29, 0.717) is 11.1 Å². The van der Waals surface area contributed by atoms with Crippen LogP contribution in [0.2, 0.25) is 0 Å². The third kappa shape index (κ3) is 3.75. The van der Waals surface area contributed by atoms with Gasteiger partial charge in [-0.15, -0.1) is 11.3 Å². The Bertz CT molecular complexity index is 1000. The van der Waals surface area contributed by atoms with Crippen LogP contribution in [0.3, 0.4) is 0 Å². The molecule has 0 bridgehead atoms. The number of aryl methyl sites for hydroxylation is 3. The number of aromatic nitrogens is 2. The van der Waals surface area contributed by atoms with E-state index < -0.39 is 0 Å². The Balaban J connectivity index is 1.78. The molecule has 134 valence electrons. The number of hydrogen-bond acceptors (Lipinski definition) is 4. The van der Waals surface area contributed by atoms with Gasteiger partial charge in [-0.2, -0.15) is 0 Å². The molecule has 0 saturated carbocycles. The minimum Gasteiger partial charge on any atom is -0.344 e. The largest absolute Gasteiger partial charge is 0.344 e. The zero-order valence-electron chi connectivity index (χ0n) is 15.2. The Hall–Kier alpha value is -2.73. The predicted octanol–water partition coefficient (Wildman–Crippen LogP) is 3.91. The summed E-state index contributed by atoms with van der Waals surface area (Å²) in [6.45, 7) is 7.68. The molecule has 1 aromatic carbocycles. The average Bonchev–Trinajstić information content (AvgIpc) is 3.05. The van der Waals surface area contributed by atoms with Gasteiger partial charge in [-0.1, -0.05) is 12.1 Å². The number of nitrogens with zero attached hydrogens (tertiary/aromatic N) is 1. The van der Waals surface area contributed by atoms with Crippen LogP contribution in [0.15, 0.2) is 40.5 Å². The maximum absolute atomic E-state index is 12.4. The molecule has 26 heavy (non-hydrogen) atoms. The number of rotatable bonds is 4. The number of carbonyl (C=O) groups is 1. The fraction of sp³-hybridized carbons (Fsp3) is 0.250. The molecule has 0 unspecified atom stereocenters. The van der Waals surface area contributed by atoms with Crippen LogP contribution in [-0.2, 0) is 0 Å². The molecule has 0 saturated heterocycles. The molecular weight excluding hydrogens is 346 g/mol. The maximum atomic E-state index is 12.4. The van der Waals surface area contributed by atoms with Crippen molar-refractivity contribution in [2.75, 3.05) is 0 Å². The number of amides is 1. The first kappa shape index (κ1) is 18.1. The number of H-pyrrole nitrogens is 1. The molecule has 0 aliphatic carbocycles. The van der Waals surface area contributed by atoms with Crippen molar-refractivity contribution in [1.82, 2.24) is 15.3 Å². The van der Waals surface area contributed by atoms with Crippen molar-refractivity contribution >= 4 is 17.2 Å². The first-order valence-electron chi connectivity index (χ1n) is 8.39. The summed E-state index contributed by atoms with van der Waals surface area (Å²) in [5.41, 5.74) is 4.56. The molecule has 0 fully saturated rings. The number of hydrogen-bond donors (Lipinski definition) is 2. The normalized spacial score (nSPS) is 12.0. The Morgan fingerprint density at radius 2 is 1.88 bits per heavy atom. The van der Waals surface area contributed by atoms with Gasteiger partial charge in [0.15, 0.2) is 0 Å². The smallest absolute Gasteiger partial charge is 0.256 e. The van der Waals surface area contributed by atoms with Gasteiger partial charge in [-0.25, -0.2) is 4.98 Å². The first-order valence-corrected chi connectivity index (χ1v) is 9.27. The summed E-state index contributed by atoms with van der Waals surface area (Å²) < 4.78 is 0. The second-order valence-corrected chi connectivity index (χ2v) is 7.45. The lowest BCUT2D eigenvalue weighted by Gasteiger charge is -2.12. The lowest BCUT2D eigenvalue weighted by atomic mass is 10.0. The second-order valence-electron chi connectivity index (χ2n) is 6.38. The lowest BCUT2D eigenvalue weighted by Crippen LogP contribution is -2.26. The Kier molecular flexibility index (Phi) is 5.04. The van der Waals surface area contributed by atoms with E-state index >= 15 is 0 Å². The van der Waals surface area contributed by atoms with Gasteiger partial charge in [0.25, 0.3) is 11.5 Å². The van der Waals surface area contributed by atoms with Crippen molar-refractivity contribution in [2.45, 2.75) is 33.7 Å². The summed E-state index contributed by atoms with van der Waals surface area (Å²) in [7, 11) is 0. The van der Waals surface area contributed by atoms with Gasteiger partial charge in [0.05, 0.1) is 16.7 Å². The highest BCUT2D eigenvalue weighted by molar-refractivity contribution is 7.09. The number of pyridine rings is 1. The van der Waals surface area contributed by atoms with Crippen LogP contribution in [0.5, 0.6) is 0 Å². The van der Waals surface area contributed by atoms with Crippen molar-refractivity contribution in [1.29, 1.82) is 0 Å². The number of nitrogens with one attached hydrogen (secondary N) is 2. The zero-order chi connectivity index (χ0) is 18.8. The number of carbonyl (C=O) groups excluding carboxylic acids is 1. The summed E-state index contributed by atoms with van der Waals surface area (Å²) in [5.74, 6) is -0.163. The van der Waals surface area contributed by atoms with Crippen LogP contribution in [0.25, 0.3) is 11.1 Å². The molecule has 2 aromatic heterocycles. The zero-order valence-corrected chi connectivity index (χ0v) is 16.0. The Labute approximate surface area is 156 Å². The molecule has 5 nitrogen and oxygen atoms in total. The van der Waals surface area contributed by atoms with Crippen LogP contribution in [0, 0.1) is 20.8 Å². The van der Waals surface area contributed by atoms with Crippen LogP contribution in [0.4, 0.5) is 0 Å². The lowest BCUT2D eigenvalue weighted by molar-refractivity contribution is 0.0939. The van der Waals surface area contributed by atoms with Crippen molar-refractivity contribution in [2.24, 2.45) is 0 Å². The molecule has 6 heteroatoms. The number of aromatic amines is 1. The van der Waals surface area contributed by atoms with Crippen LogP contribution < -0.4 is 10.9 Å². The molecule has 2 N–H and O–H groups in total. The topological polar surface area (TPSA) is 74.8 Å². The molecule has 3 rings (SSSR count). The van der Waals surface area contributed by atoms with Gasteiger partial charge in [-0.05, 0) is 57.0 Å². The SMILES string of the molecule is Cc1nc([C@H](C)NC(=O)c2ccc(-c3cc(C)c(C)[nH]c3=O)cc2)cs1. The summed E-state index contributed by atoms with van der Waals surface area (Å²) >= 11 is 1.56. The average molecular weight is 367 g/mol. The van der Waals surface area contributed by atoms with Crippen LogP contribution >= 0.6 is 11.3 Å². The third-order valence-electron chi connectivity index (χ3n) is 4.38. The van der Waals surface area contributed by atoms with Crippen molar-refractivity contribution in [3.8, 4) is 11.1 Å². The van der Waals surface area contributed by atoms with E-state index in [1.807, 2.05) is 39.1 Å². The fourth-order valence-electron chi connectivity index (χ4n) is 2.68. The van der Waals surface area contributed by atoms with E-state index in [4.69, 9.17) is 0 Å². The van der Waals surface area contributed by atoms with Crippen molar-refractivity contribution in [3.63, 3.8) is 0 Å². The summed E-state index contributed by atoms with van der Waals surface area (Å²) in [6, 6.07) is 8.78. The maximum Gasteiger partial charge on any atom is 0.256 e. The Morgan fingerprint density at radius 3 is 2.50 bits per heavy atom. The fourth-order valence-corrected chi connectivity index (χ4v) is 3.38. The van der Waals surface area contributed by atoms with Gasteiger partial charge in [0.2, 0.25) is 0 Å². The van der Waals surface area contributed by atoms with Crippen molar-refractivity contribution in [3.05, 3.63) is 73.6 Å². The molecule has 3 aromatic rings. The molecule has 1 atom stereocenters. The minimum atomic E-state index is -0.163. The standard InChI is InChI=1S/C20H21N3O2S/c1-11-9-17(20(25)21-12(11)2)15-5-7-16(8-6-15)19(24)22-13(3)18-10-26-14(4)23-18/h5-10,13H,1-4H3,(H,21,25)(H,22,24)/t13-/m0/s1. The molecule has 0 aliphatic heterocycles. The van der Waals surface area contributed by atoms with Gasteiger partial charge >= 0.3 is 0 Å². The predicted molar refractivity (Wildman–Crippen MR) is 105 cm³/mol. The van der Waals surface area contributed by atoms with Crippen LogP contribution in [-0.4, -0.2) is 15.9 Å². The summed E-state index contributed by atoms with van der Waals surface area (Å²) in [6.07, 6.45) is 0. The molecule has 0 aliphatic rings. The Morgan fingerprint density at radius 1 is 1.19 bits per heavy atom. The van der Waals surface area contributed by atoms with Gasteiger partial charge in [0, 0.05) is 22.2 Å². The molecule has 1 amide bonds. The molecule has 2 heterocycles. The van der Waals surface area contributed by atoms with Crippen LogP contribution in [0.1, 0.15) is 45.3 Å². The van der Waals surface area contributed by atoms with E-state index in [-0.39, 0.29) is 17.5 Å². The van der Waals surface area contributed by atoms with Gasteiger partial charge in [0.1, 0.15) is 0 Å². The summed E-state index contributed by atoms with van der Waals surface area (Å²) in [4.78, 5) is 31.9. The summed E-state index contributed by atoms with van der Waals surface area (Å²) in [5, 5.41) is 5.88. The quantitative estimate of drug-likeness (QED) is 0.734. The molecular formula is C20H21N3O2S. The first-order chi connectivity index (χ1) is 12.3.